The molecule has 2 aromatic rings. The summed E-state index contributed by atoms with van der Waals surface area (Å²) in [4.78, 5) is 54.7. The van der Waals surface area contributed by atoms with Gasteiger partial charge in [0, 0.05) is 11.7 Å². The van der Waals surface area contributed by atoms with Crippen LogP contribution in [0.15, 0.2) is 36.4 Å². The molecule has 0 aromatic heterocycles. The Morgan fingerprint density at radius 2 is 1.43 bits per heavy atom. The minimum absolute atomic E-state index is 0.404. The van der Waals surface area contributed by atoms with Crippen LogP contribution < -0.4 is 16.4 Å². The van der Waals surface area contributed by atoms with Crippen molar-refractivity contribution in [2.45, 2.75) is 98.9 Å². The van der Waals surface area contributed by atoms with Crippen LogP contribution in [0.5, 0.6) is 0 Å². The Balaban J connectivity index is 2.69. The lowest BCUT2D eigenvalue weighted by Crippen LogP contribution is -2.56. The van der Waals surface area contributed by atoms with Crippen molar-refractivity contribution in [1.82, 2.24) is 10.2 Å². The number of carbonyl (C=O) groups is 4. The molecule has 0 saturated heterocycles. The van der Waals surface area contributed by atoms with Crippen molar-refractivity contribution in [3.8, 4) is 0 Å². The molecule has 0 spiro atoms. The molecule has 2 aromatic carbocycles. The molecular formula is C31H44N4O5. The van der Waals surface area contributed by atoms with Gasteiger partial charge in [-0.1, -0.05) is 43.3 Å². The molecule has 0 radical (unpaired) electrons. The van der Waals surface area contributed by atoms with E-state index in [1.165, 1.54) is 4.90 Å². The molecule has 0 heterocycles. The number of nitrogens with two attached hydrogens (primary N) is 1. The molecule has 9 nitrogen and oxygen atoms in total. The van der Waals surface area contributed by atoms with E-state index in [1.54, 1.807) is 20.8 Å². The number of benzene rings is 2. The molecule has 40 heavy (non-hydrogen) atoms. The van der Waals surface area contributed by atoms with Gasteiger partial charge in [0.05, 0.1) is 6.42 Å². The first-order chi connectivity index (χ1) is 18.6. The van der Waals surface area contributed by atoms with Gasteiger partial charge in [0.1, 0.15) is 17.7 Å². The fraction of sp³-hybridized carbons (Fsp3) is 0.484. The number of nitrogens with zero attached hydrogens (tertiary/aromatic N) is 1. The number of primary amides is 1. The van der Waals surface area contributed by atoms with Gasteiger partial charge in [0.2, 0.25) is 11.8 Å². The lowest BCUT2D eigenvalue weighted by Gasteiger charge is -2.39. The number of rotatable bonds is 10. The monoisotopic (exact) mass is 552 g/mol. The van der Waals surface area contributed by atoms with E-state index in [2.05, 4.69) is 10.6 Å². The summed E-state index contributed by atoms with van der Waals surface area (Å²) in [6.07, 6.45) is -0.803. The van der Waals surface area contributed by atoms with Crippen LogP contribution >= 0.6 is 0 Å². The van der Waals surface area contributed by atoms with Gasteiger partial charge >= 0.3 is 6.09 Å². The highest BCUT2D eigenvalue weighted by Gasteiger charge is 2.40. The van der Waals surface area contributed by atoms with E-state index < -0.39 is 54.0 Å². The maximum absolute atomic E-state index is 14.3. The first-order valence-corrected chi connectivity index (χ1v) is 13.6. The van der Waals surface area contributed by atoms with Crippen LogP contribution in [0.2, 0.25) is 0 Å². The SMILES string of the molecule is CCC(C)N(C(=O)C(CC(N)=O)NC(=O)OC(C)(C)C)C(C(=O)Nc1c(C)cccc1C)c1c(C)cccc1C. The predicted molar refractivity (Wildman–Crippen MR) is 157 cm³/mol. The summed E-state index contributed by atoms with van der Waals surface area (Å²) >= 11 is 0. The quantitative estimate of drug-likeness (QED) is 0.382. The van der Waals surface area contributed by atoms with Gasteiger partial charge in [-0.2, -0.15) is 0 Å². The average Bonchev–Trinajstić information content (AvgIpc) is 2.83. The Labute approximate surface area is 237 Å². The van der Waals surface area contributed by atoms with E-state index in [4.69, 9.17) is 10.5 Å². The summed E-state index contributed by atoms with van der Waals surface area (Å²) in [5.41, 5.74) is 9.43. The van der Waals surface area contributed by atoms with Crippen LogP contribution in [-0.2, 0) is 19.1 Å². The zero-order chi connectivity index (χ0) is 30.4. The number of ether oxygens (including phenoxy) is 1. The van der Waals surface area contributed by atoms with E-state index in [1.807, 2.05) is 77.9 Å². The minimum atomic E-state index is -1.33. The number of carbonyl (C=O) groups excluding carboxylic acids is 4. The summed E-state index contributed by atoms with van der Waals surface area (Å²) in [5, 5.41) is 5.58. The molecule has 0 fully saturated rings. The molecule has 4 N–H and O–H groups in total. The van der Waals surface area contributed by atoms with E-state index in [0.717, 1.165) is 22.3 Å². The molecule has 0 aliphatic carbocycles. The molecule has 218 valence electrons. The highest BCUT2D eigenvalue weighted by Crippen LogP contribution is 2.33. The van der Waals surface area contributed by atoms with Crippen LogP contribution in [0, 0.1) is 27.7 Å². The van der Waals surface area contributed by atoms with Crippen molar-refractivity contribution in [3.63, 3.8) is 0 Å². The van der Waals surface area contributed by atoms with E-state index in [9.17, 15) is 19.2 Å². The molecular weight excluding hydrogens is 508 g/mol. The second-order valence-corrected chi connectivity index (χ2v) is 11.3. The molecule has 0 saturated carbocycles. The van der Waals surface area contributed by atoms with E-state index >= 15 is 0 Å². The number of amides is 4. The third-order valence-electron chi connectivity index (χ3n) is 6.79. The van der Waals surface area contributed by atoms with Gasteiger partial charge in [-0.3, -0.25) is 14.4 Å². The first kappa shape index (κ1) is 32.3. The summed E-state index contributed by atoms with van der Waals surface area (Å²) in [6, 6.07) is 8.57. The third kappa shape index (κ3) is 8.31. The fourth-order valence-electron chi connectivity index (χ4n) is 4.68. The second-order valence-electron chi connectivity index (χ2n) is 11.3. The summed E-state index contributed by atoms with van der Waals surface area (Å²) in [6.45, 7) is 16.4. The normalized spacial score (nSPS) is 13.5. The molecule has 0 bridgehead atoms. The lowest BCUT2D eigenvalue weighted by atomic mass is 9.92. The van der Waals surface area contributed by atoms with E-state index in [0.29, 0.717) is 17.7 Å². The average molecular weight is 553 g/mol. The molecule has 0 aliphatic rings. The minimum Gasteiger partial charge on any atom is -0.444 e. The number of nitrogens with one attached hydrogen (secondary N) is 2. The highest BCUT2D eigenvalue weighted by atomic mass is 16.6. The smallest absolute Gasteiger partial charge is 0.408 e. The fourth-order valence-corrected chi connectivity index (χ4v) is 4.68. The molecule has 9 heteroatoms. The summed E-state index contributed by atoms with van der Waals surface area (Å²) in [5.74, 6) is -1.79. The van der Waals surface area contributed by atoms with E-state index in [-0.39, 0.29) is 0 Å². The molecule has 0 aliphatic heterocycles. The van der Waals surface area contributed by atoms with Crippen LogP contribution in [0.1, 0.15) is 81.3 Å². The Bertz CT molecular complexity index is 1210. The Morgan fingerprint density at radius 1 is 0.925 bits per heavy atom. The molecule has 4 amide bonds. The number of alkyl carbamates (subject to hydrolysis) is 1. The van der Waals surface area contributed by atoms with Crippen molar-refractivity contribution >= 4 is 29.5 Å². The van der Waals surface area contributed by atoms with Gasteiger partial charge in [-0.15, -0.1) is 0 Å². The predicted octanol–water partition coefficient (Wildman–Crippen LogP) is 5.00. The standard InChI is InChI=1S/C31H44N4O5/c1-10-22(6)35(29(38)23(17-24(32)36)33-30(39)40-31(7,8)9)27(25-18(2)13-11-14-19(25)3)28(37)34-26-20(4)15-12-16-21(26)5/h11-16,22-23,27H,10,17H2,1-9H3,(H2,32,36)(H,33,39)(H,34,37). The largest absolute Gasteiger partial charge is 0.444 e. The van der Waals surface area contributed by atoms with Crippen molar-refractivity contribution in [2.75, 3.05) is 5.32 Å². The third-order valence-corrected chi connectivity index (χ3v) is 6.79. The van der Waals surface area contributed by atoms with Gasteiger partial charge in [-0.05, 0) is 89.6 Å². The zero-order valence-corrected chi connectivity index (χ0v) is 25.2. The Morgan fingerprint density at radius 3 is 1.88 bits per heavy atom. The van der Waals surface area contributed by atoms with Crippen LogP contribution in [0.25, 0.3) is 0 Å². The zero-order valence-electron chi connectivity index (χ0n) is 25.2. The highest BCUT2D eigenvalue weighted by molar-refractivity contribution is 6.01. The number of hydrogen-bond donors (Lipinski definition) is 3. The number of anilines is 1. The van der Waals surface area contributed by atoms with Crippen molar-refractivity contribution < 1.29 is 23.9 Å². The van der Waals surface area contributed by atoms with Crippen LogP contribution in [-0.4, -0.2) is 46.4 Å². The first-order valence-electron chi connectivity index (χ1n) is 13.6. The number of para-hydroxylation sites is 1. The Kier molecular flexibility index (Phi) is 10.9. The van der Waals surface area contributed by atoms with Gasteiger partial charge in [0.15, 0.2) is 0 Å². The summed E-state index contributed by atoms with van der Waals surface area (Å²) in [7, 11) is 0. The summed E-state index contributed by atoms with van der Waals surface area (Å²) < 4.78 is 5.35. The van der Waals surface area contributed by atoms with Crippen molar-refractivity contribution in [2.24, 2.45) is 5.73 Å². The maximum atomic E-state index is 14.3. The van der Waals surface area contributed by atoms with Gasteiger partial charge in [0.25, 0.3) is 5.91 Å². The maximum Gasteiger partial charge on any atom is 0.408 e. The number of hydrogen-bond acceptors (Lipinski definition) is 5. The molecule has 3 atom stereocenters. The molecule has 2 rings (SSSR count). The second kappa shape index (κ2) is 13.5. The lowest BCUT2D eigenvalue weighted by molar-refractivity contribution is -0.144. The van der Waals surface area contributed by atoms with Crippen molar-refractivity contribution in [1.29, 1.82) is 0 Å². The van der Waals surface area contributed by atoms with Crippen LogP contribution in [0.4, 0.5) is 10.5 Å². The van der Waals surface area contributed by atoms with Crippen molar-refractivity contribution in [3.05, 3.63) is 64.2 Å². The van der Waals surface area contributed by atoms with Gasteiger partial charge < -0.3 is 26.0 Å². The number of aryl methyl sites for hydroxylation is 4. The topological polar surface area (TPSA) is 131 Å². The van der Waals surface area contributed by atoms with Gasteiger partial charge in [-0.25, -0.2) is 4.79 Å². The molecule has 3 unspecified atom stereocenters. The Hall–Kier alpha value is -3.88. The van der Waals surface area contributed by atoms with Crippen LogP contribution in [0.3, 0.4) is 0 Å².